The van der Waals surface area contributed by atoms with Crippen molar-refractivity contribution in [3.63, 3.8) is 0 Å². The number of cyclic esters (lactones) is 1. The van der Waals surface area contributed by atoms with Crippen molar-refractivity contribution in [2.45, 2.75) is 44.1 Å². The minimum absolute atomic E-state index is 0.151. The van der Waals surface area contributed by atoms with Gasteiger partial charge >= 0.3 is 11.9 Å². The summed E-state index contributed by atoms with van der Waals surface area (Å²) in [4.78, 5) is 34.7. The zero-order valence-electron chi connectivity index (χ0n) is 25.3. The summed E-state index contributed by atoms with van der Waals surface area (Å²) >= 11 is 15.0. The molecule has 0 saturated carbocycles. The van der Waals surface area contributed by atoms with Crippen molar-refractivity contribution in [3.8, 4) is 11.5 Å². The third-order valence-electron chi connectivity index (χ3n) is 8.17. The molecule has 1 fully saturated rings. The van der Waals surface area contributed by atoms with Crippen LogP contribution in [-0.4, -0.2) is 50.3 Å². The van der Waals surface area contributed by atoms with Gasteiger partial charge in [0.05, 0.1) is 37.2 Å². The molecule has 240 valence electrons. The Labute approximate surface area is 281 Å². The van der Waals surface area contributed by atoms with E-state index in [-0.39, 0.29) is 31.0 Å². The van der Waals surface area contributed by atoms with Crippen LogP contribution in [0.1, 0.15) is 56.2 Å². The minimum atomic E-state index is -0.766. The van der Waals surface area contributed by atoms with Crippen LogP contribution >= 0.6 is 34.5 Å². The maximum atomic E-state index is 13.6. The van der Waals surface area contributed by atoms with Crippen molar-refractivity contribution < 1.29 is 28.5 Å². The number of anilines is 1. The van der Waals surface area contributed by atoms with Crippen LogP contribution in [0.15, 0.2) is 66.9 Å². The summed E-state index contributed by atoms with van der Waals surface area (Å²) in [5.41, 5.74) is 2.23. The average Bonchev–Trinajstić information content (AvgIpc) is 3.74. The standard InChI is InChI=1S/C34H33Cl2N3O6S/c1-42-27-10-8-21(14-29(27)43-2)28-15-24-25(35)18-38-33(32(24)36)39-13-12-22(19-39)44-31(40)16-26(20-6-4-3-5-7-20)37-17-23-9-11-30(46-23)34(41)45-28/h3-11,14,18,22,26,28,37H,12-13,15-17,19H2,1-2H3/t22-,26?,28+/m1/s1. The number of esters is 2. The SMILES string of the molecule is COc1ccc([C@@H]2Cc3c(Cl)cnc(c3Cl)N3CC[C@H](C3)OC(=O)CC(c3ccccc3)NCc3ccc(s3)C(=O)O2)cc1OC. The minimum Gasteiger partial charge on any atom is -0.493 e. The summed E-state index contributed by atoms with van der Waals surface area (Å²) in [5.74, 6) is 0.789. The van der Waals surface area contributed by atoms with Crippen LogP contribution in [0.4, 0.5) is 5.82 Å². The lowest BCUT2D eigenvalue weighted by atomic mass is 10.0. The molecule has 0 aliphatic carbocycles. The first-order valence-electron chi connectivity index (χ1n) is 14.9. The molecule has 0 amide bonds. The van der Waals surface area contributed by atoms with Crippen LogP contribution in [0, 0.1) is 0 Å². The highest BCUT2D eigenvalue weighted by atomic mass is 35.5. The maximum absolute atomic E-state index is 13.6. The van der Waals surface area contributed by atoms with Crippen molar-refractivity contribution in [1.29, 1.82) is 0 Å². The number of hydrogen-bond donors (Lipinski definition) is 1. The van der Waals surface area contributed by atoms with Crippen molar-refractivity contribution in [2.75, 3.05) is 32.2 Å². The van der Waals surface area contributed by atoms with Crippen molar-refractivity contribution in [3.05, 3.63) is 103 Å². The summed E-state index contributed by atoms with van der Waals surface area (Å²) < 4.78 is 23.1. The van der Waals surface area contributed by atoms with Gasteiger partial charge in [-0.25, -0.2) is 9.78 Å². The van der Waals surface area contributed by atoms with Gasteiger partial charge in [0.1, 0.15) is 22.9 Å². The van der Waals surface area contributed by atoms with Gasteiger partial charge in [-0.05, 0) is 41.0 Å². The van der Waals surface area contributed by atoms with Crippen LogP contribution in [0.25, 0.3) is 0 Å². The highest BCUT2D eigenvalue weighted by Crippen LogP contribution is 2.39. The molecule has 2 aliphatic rings. The lowest BCUT2D eigenvalue weighted by molar-refractivity contribution is -0.148. The number of fused-ring (bicyclic) bond motifs is 7. The van der Waals surface area contributed by atoms with Gasteiger partial charge in [0.25, 0.3) is 0 Å². The largest absolute Gasteiger partial charge is 0.493 e. The van der Waals surface area contributed by atoms with Gasteiger partial charge in [-0.2, -0.15) is 0 Å². The number of nitrogens with one attached hydrogen (secondary N) is 1. The topological polar surface area (TPSA) is 99.2 Å². The number of carbonyl (C=O) groups excluding carboxylic acids is 2. The molecular formula is C34H33Cl2N3O6S. The summed E-state index contributed by atoms with van der Waals surface area (Å²) in [6, 6.07) is 18.5. The summed E-state index contributed by atoms with van der Waals surface area (Å²) in [6.07, 6.45) is 1.43. The van der Waals surface area contributed by atoms with E-state index < -0.39 is 12.1 Å². The first-order valence-corrected chi connectivity index (χ1v) is 16.5. The quantitative estimate of drug-likeness (QED) is 0.229. The van der Waals surface area contributed by atoms with E-state index in [1.807, 2.05) is 47.4 Å². The number of ether oxygens (including phenoxy) is 4. The third kappa shape index (κ3) is 7.10. The number of aromatic nitrogens is 1. The second kappa shape index (κ2) is 14.3. The molecule has 6 rings (SSSR count). The smallest absolute Gasteiger partial charge is 0.348 e. The summed E-state index contributed by atoms with van der Waals surface area (Å²) in [7, 11) is 3.11. The van der Waals surface area contributed by atoms with Crippen LogP contribution in [-0.2, 0) is 27.2 Å². The molecule has 0 spiro atoms. The van der Waals surface area contributed by atoms with Crippen LogP contribution in [0.3, 0.4) is 0 Å². The monoisotopic (exact) mass is 681 g/mol. The second-order valence-corrected chi connectivity index (χ2v) is 13.0. The molecule has 12 heteroatoms. The van der Waals surface area contributed by atoms with E-state index in [9.17, 15) is 9.59 Å². The van der Waals surface area contributed by atoms with E-state index in [0.717, 1.165) is 10.4 Å². The molecule has 2 aliphatic heterocycles. The molecule has 1 saturated heterocycles. The number of hydrogen-bond acceptors (Lipinski definition) is 10. The Bertz CT molecular complexity index is 1720. The Hall–Kier alpha value is -3.83. The van der Waals surface area contributed by atoms with E-state index in [0.29, 0.717) is 69.4 Å². The van der Waals surface area contributed by atoms with Gasteiger partial charge in [0, 0.05) is 43.0 Å². The second-order valence-electron chi connectivity index (χ2n) is 11.1. The number of pyridine rings is 1. The number of nitrogens with zero attached hydrogens (tertiary/aromatic N) is 2. The van der Waals surface area contributed by atoms with Gasteiger partial charge in [-0.3, -0.25) is 4.79 Å². The van der Waals surface area contributed by atoms with Gasteiger partial charge in [0.15, 0.2) is 11.5 Å². The van der Waals surface area contributed by atoms with Gasteiger partial charge in [-0.1, -0.05) is 59.6 Å². The van der Waals surface area contributed by atoms with Crippen molar-refractivity contribution in [1.82, 2.24) is 10.3 Å². The highest BCUT2D eigenvalue weighted by Gasteiger charge is 2.31. The van der Waals surface area contributed by atoms with Gasteiger partial charge < -0.3 is 29.2 Å². The molecule has 1 N–H and O–H groups in total. The highest BCUT2D eigenvalue weighted by molar-refractivity contribution is 7.13. The molecule has 4 aromatic rings. The van der Waals surface area contributed by atoms with Gasteiger partial charge in [-0.15, -0.1) is 11.3 Å². The first-order chi connectivity index (χ1) is 22.3. The lowest BCUT2D eigenvalue weighted by Crippen LogP contribution is -2.28. The number of carbonyl (C=O) groups is 2. The van der Waals surface area contributed by atoms with E-state index in [2.05, 4.69) is 10.3 Å². The fraction of sp³-hybridized carbons (Fsp3) is 0.324. The third-order valence-corrected chi connectivity index (χ3v) is 9.96. The van der Waals surface area contributed by atoms with Crippen LogP contribution in [0.2, 0.25) is 10.0 Å². The average molecular weight is 683 g/mol. The molecule has 46 heavy (non-hydrogen) atoms. The predicted octanol–water partition coefficient (Wildman–Crippen LogP) is 6.96. The fourth-order valence-corrected chi connectivity index (χ4v) is 7.23. The van der Waals surface area contributed by atoms with Crippen molar-refractivity contribution in [2.24, 2.45) is 0 Å². The molecule has 1 unspecified atom stereocenters. The number of thiophene rings is 1. The maximum Gasteiger partial charge on any atom is 0.348 e. The Morgan fingerprint density at radius 3 is 2.54 bits per heavy atom. The molecule has 4 heterocycles. The zero-order valence-corrected chi connectivity index (χ0v) is 27.7. The normalized spacial score (nSPS) is 20.6. The van der Waals surface area contributed by atoms with E-state index in [1.54, 1.807) is 38.6 Å². The predicted molar refractivity (Wildman–Crippen MR) is 177 cm³/mol. The number of halogens is 2. The number of benzene rings is 2. The van der Waals surface area contributed by atoms with Crippen molar-refractivity contribution >= 4 is 52.3 Å². The Balaban J connectivity index is 1.38. The first kappa shape index (κ1) is 32.1. The van der Waals surface area contributed by atoms with Crippen LogP contribution in [0.5, 0.6) is 11.5 Å². The zero-order chi connectivity index (χ0) is 32.2. The summed E-state index contributed by atoms with van der Waals surface area (Å²) in [5, 5.41) is 4.19. The molecular weight excluding hydrogens is 649 g/mol. The van der Waals surface area contributed by atoms with E-state index in [4.69, 9.17) is 42.1 Å². The molecule has 6 bridgehead atoms. The fourth-order valence-electron chi connectivity index (χ4n) is 5.77. The molecule has 9 nitrogen and oxygen atoms in total. The lowest BCUT2D eigenvalue weighted by Gasteiger charge is -2.24. The van der Waals surface area contributed by atoms with Gasteiger partial charge in [0.2, 0.25) is 0 Å². The Kier molecular flexibility index (Phi) is 9.98. The number of rotatable bonds is 4. The summed E-state index contributed by atoms with van der Waals surface area (Å²) in [6.45, 7) is 1.48. The molecule has 0 radical (unpaired) electrons. The molecule has 2 aromatic carbocycles. The van der Waals surface area contributed by atoms with E-state index >= 15 is 0 Å². The molecule has 2 aromatic heterocycles. The molecule has 3 atom stereocenters. The van der Waals surface area contributed by atoms with E-state index in [1.165, 1.54) is 11.3 Å². The Morgan fingerprint density at radius 1 is 0.957 bits per heavy atom. The Morgan fingerprint density at radius 2 is 1.76 bits per heavy atom. The van der Waals surface area contributed by atoms with Crippen LogP contribution < -0.4 is 19.7 Å². The number of methoxy groups -OCH3 is 2.